The van der Waals surface area contributed by atoms with Crippen LogP contribution in [0.15, 0.2) is 73.2 Å². The Bertz CT molecular complexity index is 1130. The third-order valence-electron chi connectivity index (χ3n) is 5.57. The van der Waals surface area contributed by atoms with Crippen LogP contribution in [0.2, 0.25) is 0 Å². The fraction of sp³-hybridized carbons (Fsp3) is 0.217. The first-order chi connectivity index (χ1) is 14.7. The monoisotopic (exact) mass is 400 g/mol. The third kappa shape index (κ3) is 3.44. The van der Waals surface area contributed by atoms with Gasteiger partial charge in [-0.25, -0.2) is 0 Å². The summed E-state index contributed by atoms with van der Waals surface area (Å²) in [5.74, 6) is -1.58. The summed E-state index contributed by atoms with van der Waals surface area (Å²) in [5, 5.41) is 6.80. The largest absolute Gasteiger partial charge is 0.365 e. The average molecular weight is 400 g/mol. The Morgan fingerprint density at radius 3 is 2.57 bits per heavy atom. The molecule has 1 aromatic carbocycles. The van der Waals surface area contributed by atoms with E-state index in [0.717, 1.165) is 16.5 Å². The third-order valence-corrected chi connectivity index (χ3v) is 5.57. The average Bonchev–Trinajstić information content (AvgIpc) is 3.40. The molecule has 4 heterocycles. The van der Waals surface area contributed by atoms with Crippen molar-refractivity contribution in [3.05, 3.63) is 78.8 Å². The summed E-state index contributed by atoms with van der Waals surface area (Å²) in [6.45, 7) is 0.357. The fourth-order valence-corrected chi connectivity index (χ4v) is 4.12. The highest BCUT2D eigenvalue weighted by atomic mass is 16.5. The van der Waals surface area contributed by atoms with E-state index in [2.05, 4.69) is 20.6 Å². The number of amides is 2. The van der Waals surface area contributed by atoms with Crippen molar-refractivity contribution in [1.82, 2.24) is 15.3 Å². The lowest BCUT2D eigenvalue weighted by Crippen LogP contribution is -2.44. The molecular formula is C23H20N4O3. The number of rotatable bonds is 5. The van der Waals surface area contributed by atoms with Crippen molar-refractivity contribution in [3.63, 3.8) is 0 Å². The molecule has 2 aromatic heterocycles. The van der Waals surface area contributed by atoms with E-state index < -0.39 is 17.9 Å². The standard InChI is InChI=1S/C23H20N4O3/c28-22(26-13-14-3-1-9-24-12-14)20-18-7-8-19(30-18)21(20)23(29)27-16-5-6-17-15(11-16)4-2-10-25-17/h1-12,18-21H,13H2,(H,26,28)(H,27,29)/t18-,19+,20-,21+/m0/s1. The second-order valence-electron chi connectivity index (χ2n) is 7.48. The number of hydrogen-bond donors (Lipinski definition) is 2. The number of hydrogen-bond acceptors (Lipinski definition) is 5. The molecule has 5 rings (SSSR count). The van der Waals surface area contributed by atoms with Gasteiger partial charge in [-0.3, -0.25) is 19.6 Å². The van der Waals surface area contributed by atoms with Gasteiger partial charge >= 0.3 is 0 Å². The van der Waals surface area contributed by atoms with Gasteiger partial charge in [0.25, 0.3) is 0 Å². The highest BCUT2D eigenvalue weighted by Crippen LogP contribution is 2.40. The maximum atomic E-state index is 13.1. The van der Waals surface area contributed by atoms with Crippen LogP contribution in [0.25, 0.3) is 10.9 Å². The van der Waals surface area contributed by atoms with E-state index >= 15 is 0 Å². The molecule has 2 aliphatic heterocycles. The second kappa shape index (κ2) is 7.68. The molecule has 2 bridgehead atoms. The molecule has 2 N–H and O–H groups in total. The second-order valence-corrected chi connectivity index (χ2v) is 7.48. The van der Waals surface area contributed by atoms with E-state index in [1.54, 1.807) is 18.6 Å². The zero-order valence-electron chi connectivity index (χ0n) is 16.1. The predicted molar refractivity (Wildman–Crippen MR) is 111 cm³/mol. The maximum absolute atomic E-state index is 13.1. The molecule has 30 heavy (non-hydrogen) atoms. The van der Waals surface area contributed by atoms with Crippen LogP contribution in [0.3, 0.4) is 0 Å². The van der Waals surface area contributed by atoms with Crippen LogP contribution in [0.4, 0.5) is 5.69 Å². The van der Waals surface area contributed by atoms with Crippen molar-refractivity contribution in [2.24, 2.45) is 11.8 Å². The highest BCUT2D eigenvalue weighted by Gasteiger charge is 2.52. The van der Waals surface area contributed by atoms with Crippen molar-refractivity contribution in [3.8, 4) is 0 Å². The summed E-state index contributed by atoms with van der Waals surface area (Å²) in [5.41, 5.74) is 2.42. The van der Waals surface area contributed by atoms with E-state index in [1.165, 1.54) is 0 Å². The van der Waals surface area contributed by atoms with Crippen LogP contribution < -0.4 is 10.6 Å². The smallest absolute Gasteiger partial charge is 0.231 e. The van der Waals surface area contributed by atoms with Gasteiger partial charge in [0.05, 0.1) is 29.6 Å². The van der Waals surface area contributed by atoms with Gasteiger partial charge in [0.1, 0.15) is 0 Å². The van der Waals surface area contributed by atoms with E-state index in [-0.39, 0.29) is 17.9 Å². The number of ether oxygens (including phenoxy) is 1. The SMILES string of the molecule is O=C(NCc1cccnc1)[C@@H]1[C@H](C(=O)Nc2ccc3ncccc3c2)[C@H]2C=C[C@@H]1O2. The summed E-state index contributed by atoms with van der Waals surface area (Å²) in [7, 11) is 0. The van der Waals surface area contributed by atoms with E-state index in [9.17, 15) is 9.59 Å². The lowest BCUT2D eigenvalue weighted by molar-refractivity contribution is -0.131. The molecule has 1 saturated heterocycles. The topological polar surface area (TPSA) is 93.2 Å². The van der Waals surface area contributed by atoms with Gasteiger partial charge in [-0.2, -0.15) is 0 Å². The summed E-state index contributed by atoms with van der Waals surface area (Å²) in [6, 6.07) is 13.1. The zero-order valence-corrected chi connectivity index (χ0v) is 16.1. The zero-order chi connectivity index (χ0) is 20.5. The van der Waals surface area contributed by atoms with Crippen LogP contribution in [0.5, 0.6) is 0 Å². The number of nitrogens with one attached hydrogen (secondary N) is 2. The van der Waals surface area contributed by atoms with Gasteiger partial charge in [0.15, 0.2) is 0 Å². The van der Waals surface area contributed by atoms with Gasteiger partial charge in [-0.15, -0.1) is 0 Å². The molecule has 2 aliphatic rings. The first kappa shape index (κ1) is 18.4. The van der Waals surface area contributed by atoms with E-state index in [1.807, 2.05) is 54.6 Å². The minimum absolute atomic E-state index is 0.196. The first-order valence-corrected chi connectivity index (χ1v) is 9.85. The number of pyridine rings is 2. The molecule has 7 nitrogen and oxygen atoms in total. The normalized spacial score (nSPS) is 24.1. The molecule has 0 radical (unpaired) electrons. The Kier molecular flexibility index (Phi) is 4.72. The molecule has 7 heteroatoms. The minimum atomic E-state index is -0.585. The van der Waals surface area contributed by atoms with E-state index in [4.69, 9.17) is 4.74 Å². The fourth-order valence-electron chi connectivity index (χ4n) is 4.12. The Balaban J connectivity index is 1.31. The number of nitrogens with zero attached hydrogens (tertiary/aromatic N) is 2. The quantitative estimate of drug-likeness (QED) is 0.642. The predicted octanol–water partition coefficient (Wildman–Crippen LogP) is 2.45. The molecule has 0 aliphatic carbocycles. The maximum Gasteiger partial charge on any atom is 0.231 e. The van der Waals surface area contributed by atoms with Crippen LogP contribution >= 0.6 is 0 Å². The van der Waals surface area contributed by atoms with Crippen LogP contribution in [-0.4, -0.2) is 34.0 Å². The summed E-state index contributed by atoms with van der Waals surface area (Å²) in [4.78, 5) is 34.4. The van der Waals surface area contributed by atoms with Crippen molar-refractivity contribution in [2.45, 2.75) is 18.8 Å². The van der Waals surface area contributed by atoms with Gasteiger partial charge in [-0.1, -0.05) is 24.3 Å². The van der Waals surface area contributed by atoms with Gasteiger partial charge < -0.3 is 15.4 Å². The molecule has 150 valence electrons. The number of benzene rings is 1. The van der Waals surface area contributed by atoms with Gasteiger partial charge in [-0.05, 0) is 35.9 Å². The summed E-state index contributed by atoms with van der Waals surface area (Å²) in [6.07, 6.45) is 8.06. The van der Waals surface area contributed by atoms with Crippen LogP contribution in [0.1, 0.15) is 5.56 Å². The number of aromatic nitrogens is 2. The number of fused-ring (bicyclic) bond motifs is 3. The van der Waals surface area contributed by atoms with Crippen LogP contribution in [0, 0.1) is 11.8 Å². The Hall–Kier alpha value is -3.58. The lowest BCUT2D eigenvalue weighted by Gasteiger charge is -2.23. The molecule has 1 fully saturated rings. The first-order valence-electron chi connectivity index (χ1n) is 9.85. The lowest BCUT2D eigenvalue weighted by atomic mass is 9.81. The van der Waals surface area contributed by atoms with E-state index in [0.29, 0.717) is 12.2 Å². The van der Waals surface area contributed by atoms with Gasteiger partial charge in [0, 0.05) is 36.2 Å². The molecule has 0 unspecified atom stereocenters. The number of carbonyl (C=O) groups excluding carboxylic acids is 2. The highest BCUT2D eigenvalue weighted by molar-refractivity contribution is 5.99. The molecule has 0 saturated carbocycles. The Morgan fingerprint density at radius 1 is 0.967 bits per heavy atom. The molecule has 2 amide bonds. The summed E-state index contributed by atoms with van der Waals surface area (Å²) >= 11 is 0. The van der Waals surface area contributed by atoms with Crippen molar-refractivity contribution < 1.29 is 14.3 Å². The molecule has 4 atom stereocenters. The Morgan fingerprint density at radius 2 is 1.77 bits per heavy atom. The van der Waals surface area contributed by atoms with Crippen LogP contribution in [-0.2, 0) is 20.9 Å². The number of anilines is 1. The van der Waals surface area contributed by atoms with Crippen molar-refractivity contribution >= 4 is 28.4 Å². The summed E-state index contributed by atoms with van der Waals surface area (Å²) < 4.78 is 5.84. The molecular weight excluding hydrogens is 380 g/mol. The molecule has 0 spiro atoms. The van der Waals surface area contributed by atoms with Gasteiger partial charge in [0.2, 0.25) is 11.8 Å². The molecule has 3 aromatic rings. The van der Waals surface area contributed by atoms with Crippen molar-refractivity contribution in [1.29, 1.82) is 0 Å². The van der Waals surface area contributed by atoms with Crippen molar-refractivity contribution in [2.75, 3.05) is 5.32 Å². The minimum Gasteiger partial charge on any atom is -0.365 e. The Labute approximate surface area is 173 Å². The number of carbonyl (C=O) groups is 2.